The minimum Gasteiger partial charge on any atom is -0.473 e. The number of amides is 1. The second-order valence-corrected chi connectivity index (χ2v) is 5.85. The van der Waals surface area contributed by atoms with Gasteiger partial charge in [-0.2, -0.15) is 0 Å². The van der Waals surface area contributed by atoms with E-state index >= 15 is 0 Å². The molecule has 0 spiro atoms. The van der Waals surface area contributed by atoms with Crippen molar-refractivity contribution in [1.82, 2.24) is 9.97 Å². The average Bonchev–Trinajstić information content (AvgIpc) is 3.11. The summed E-state index contributed by atoms with van der Waals surface area (Å²) >= 11 is 0. The molecule has 25 heavy (non-hydrogen) atoms. The molecule has 0 saturated carbocycles. The van der Waals surface area contributed by atoms with Crippen molar-refractivity contribution in [2.75, 3.05) is 11.4 Å². The van der Waals surface area contributed by atoms with Gasteiger partial charge in [-0.3, -0.25) is 4.79 Å². The van der Waals surface area contributed by atoms with E-state index in [1.165, 1.54) is 11.9 Å². The second kappa shape index (κ2) is 6.73. The van der Waals surface area contributed by atoms with Gasteiger partial charge < -0.3 is 9.64 Å². The molecule has 1 aromatic heterocycles. The van der Waals surface area contributed by atoms with Crippen LogP contribution in [0.1, 0.15) is 21.6 Å². The van der Waals surface area contributed by atoms with Crippen LogP contribution in [0.25, 0.3) is 0 Å². The SMILES string of the molecule is O=C(c1cc(OCc2ccccc2)ncn1)N1CCc2ccccc21. The fraction of sp³-hybridized carbons (Fsp3) is 0.150. The van der Waals surface area contributed by atoms with Crippen LogP contribution in [0.15, 0.2) is 67.0 Å². The Morgan fingerprint density at radius 2 is 1.84 bits per heavy atom. The minimum absolute atomic E-state index is 0.128. The fourth-order valence-corrected chi connectivity index (χ4v) is 2.95. The number of hydrogen-bond donors (Lipinski definition) is 0. The molecule has 0 N–H and O–H groups in total. The Labute approximate surface area is 145 Å². The standard InChI is InChI=1S/C20H17N3O2/c24-20(23-11-10-16-8-4-5-9-18(16)23)17-12-19(22-14-21-17)25-13-15-6-2-1-3-7-15/h1-9,12,14H,10-11,13H2. The van der Waals surface area contributed by atoms with Crippen LogP contribution in [0.3, 0.4) is 0 Å². The molecule has 4 rings (SSSR count). The van der Waals surface area contributed by atoms with E-state index in [0.717, 1.165) is 17.7 Å². The number of carbonyl (C=O) groups excluding carboxylic acids is 1. The highest BCUT2D eigenvalue weighted by atomic mass is 16.5. The van der Waals surface area contributed by atoms with Crippen LogP contribution < -0.4 is 9.64 Å². The molecule has 5 heteroatoms. The molecule has 0 bridgehead atoms. The number of para-hydroxylation sites is 1. The molecule has 0 unspecified atom stereocenters. The number of ether oxygens (including phenoxy) is 1. The van der Waals surface area contributed by atoms with Gasteiger partial charge >= 0.3 is 0 Å². The van der Waals surface area contributed by atoms with Crippen LogP contribution in [-0.4, -0.2) is 22.4 Å². The summed E-state index contributed by atoms with van der Waals surface area (Å²) in [5.74, 6) is 0.270. The number of carbonyl (C=O) groups is 1. The number of anilines is 1. The van der Waals surface area contributed by atoms with E-state index in [1.54, 1.807) is 11.0 Å². The summed E-state index contributed by atoms with van der Waals surface area (Å²) in [7, 11) is 0. The van der Waals surface area contributed by atoms with Crippen molar-refractivity contribution in [3.05, 3.63) is 83.8 Å². The lowest BCUT2D eigenvalue weighted by molar-refractivity contribution is 0.0983. The van der Waals surface area contributed by atoms with Gasteiger partial charge in [-0.15, -0.1) is 0 Å². The van der Waals surface area contributed by atoms with Crippen LogP contribution >= 0.6 is 0 Å². The third kappa shape index (κ3) is 3.21. The van der Waals surface area contributed by atoms with Crippen molar-refractivity contribution in [2.45, 2.75) is 13.0 Å². The maximum absolute atomic E-state index is 12.8. The molecule has 1 aliphatic heterocycles. The molecule has 124 valence electrons. The number of nitrogens with zero attached hydrogens (tertiary/aromatic N) is 3. The highest BCUT2D eigenvalue weighted by Crippen LogP contribution is 2.28. The number of hydrogen-bond acceptors (Lipinski definition) is 4. The summed E-state index contributed by atoms with van der Waals surface area (Å²) in [6, 6.07) is 19.4. The fourth-order valence-electron chi connectivity index (χ4n) is 2.95. The topological polar surface area (TPSA) is 55.3 Å². The lowest BCUT2D eigenvalue weighted by Crippen LogP contribution is -2.29. The van der Waals surface area contributed by atoms with Crippen molar-refractivity contribution in [2.24, 2.45) is 0 Å². The number of rotatable bonds is 4. The zero-order chi connectivity index (χ0) is 17.1. The van der Waals surface area contributed by atoms with E-state index in [4.69, 9.17) is 4.74 Å². The van der Waals surface area contributed by atoms with E-state index in [-0.39, 0.29) is 5.91 Å². The van der Waals surface area contributed by atoms with Gasteiger partial charge in [0.05, 0.1) is 0 Å². The van der Waals surface area contributed by atoms with Crippen molar-refractivity contribution < 1.29 is 9.53 Å². The van der Waals surface area contributed by atoms with Crippen molar-refractivity contribution in [3.8, 4) is 5.88 Å². The Morgan fingerprint density at radius 1 is 1.04 bits per heavy atom. The van der Waals surface area contributed by atoms with Crippen molar-refractivity contribution in [3.63, 3.8) is 0 Å². The first-order valence-corrected chi connectivity index (χ1v) is 8.20. The first-order chi connectivity index (χ1) is 12.3. The molecule has 1 amide bonds. The van der Waals surface area contributed by atoms with E-state index in [2.05, 4.69) is 16.0 Å². The second-order valence-electron chi connectivity index (χ2n) is 5.85. The van der Waals surface area contributed by atoms with Crippen LogP contribution in [0.4, 0.5) is 5.69 Å². The number of fused-ring (bicyclic) bond motifs is 1. The Balaban J connectivity index is 1.51. The van der Waals surface area contributed by atoms with Crippen molar-refractivity contribution in [1.29, 1.82) is 0 Å². The van der Waals surface area contributed by atoms with E-state index < -0.39 is 0 Å². The quantitative estimate of drug-likeness (QED) is 0.736. The predicted molar refractivity (Wildman–Crippen MR) is 94.6 cm³/mol. The predicted octanol–water partition coefficient (Wildman–Crippen LogP) is 3.26. The molecule has 0 saturated heterocycles. The van der Waals surface area contributed by atoms with Gasteiger partial charge in [0.15, 0.2) is 0 Å². The Kier molecular flexibility index (Phi) is 4.12. The summed E-state index contributed by atoms with van der Waals surface area (Å²) in [6.45, 7) is 1.07. The molecule has 1 aliphatic rings. The maximum atomic E-state index is 12.8. The van der Waals surface area contributed by atoms with Gasteiger partial charge in [-0.05, 0) is 23.6 Å². The zero-order valence-electron chi connectivity index (χ0n) is 13.6. The Hall–Kier alpha value is -3.21. The third-order valence-corrected chi connectivity index (χ3v) is 4.22. The summed E-state index contributed by atoms with van der Waals surface area (Å²) in [5.41, 5.74) is 3.53. The molecular formula is C20H17N3O2. The third-order valence-electron chi connectivity index (χ3n) is 4.22. The van der Waals surface area contributed by atoms with Crippen LogP contribution in [0, 0.1) is 0 Å². The van der Waals surface area contributed by atoms with E-state index in [9.17, 15) is 4.79 Å². The molecule has 2 aromatic carbocycles. The maximum Gasteiger partial charge on any atom is 0.277 e. The molecule has 5 nitrogen and oxygen atoms in total. The molecule has 0 atom stereocenters. The van der Waals surface area contributed by atoms with E-state index in [1.807, 2.05) is 48.5 Å². The van der Waals surface area contributed by atoms with Gasteiger partial charge in [0, 0.05) is 18.3 Å². The minimum atomic E-state index is -0.128. The smallest absolute Gasteiger partial charge is 0.277 e. The molecular weight excluding hydrogens is 314 g/mol. The van der Waals surface area contributed by atoms with Gasteiger partial charge in [-0.25, -0.2) is 9.97 Å². The van der Waals surface area contributed by atoms with Gasteiger partial charge in [0.25, 0.3) is 5.91 Å². The lowest BCUT2D eigenvalue weighted by atomic mass is 10.2. The number of benzene rings is 2. The van der Waals surface area contributed by atoms with Crippen LogP contribution in [0.2, 0.25) is 0 Å². The zero-order valence-corrected chi connectivity index (χ0v) is 13.6. The first kappa shape index (κ1) is 15.3. The summed E-state index contributed by atoms with van der Waals surface area (Å²) < 4.78 is 5.69. The Bertz CT molecular complexity index is 896. The normalized spacial score (nSPS) is 12.7. The van der Waals surface area contributed by atoms with Gasteiger partial charge in [0.1, 0.15) is 18.6 Å². The molecule has 0 radical (unpaired) electrons. The molecule has 3 aromatic rings. The van der Waals surface area contributed by atoms with Gasteiger partial charge in [-0.1, -0.05) is 48.5 Å². The molecule has 0 aliphatic carbocycles. The average molecular weight is 331 g/mol. The van der Waals surface area contributed by atoms with Gasteiger partial charge in [0.2, 0.25) is 5.88 Å². The monoisotopic (exact) mass is 331 g/mol. The lowest BCUT2D eigenvalue weighted by Gasteiger charge is -2.16. The Morgan fingerprint density at radius 3 is 2.72 bits per heavy atom. The van der Waals surface area contributed by atoms with Crippen molar-refractivity contribution >= 4 is 11.6 Å². The molecule has 2 heterocycles. The molecule has 0 fully saturated rings. The van der Waals surface area contributed by atoms with Crippen LogP contribution in [-0.2, 0) is 13.0 Å². The largest absolute Gasteiger partial charge is 0.473 e. The highest BCUT2D eigenvalue weighted by Gasteiger charge is 2.26. The van der Waals surface area contributed by atoms with E-state index in [0.29, 0.717) is 24.7 Å². The summed E-state index contributed by atoms with van der Waals surface area (Å²) in [6.07, 6.45) is 2.24. The summed E-state index contributed by atoms with van der Waals surface area (Å²) in [4.78, 5) is 22.8. The van der Waals surface area contributed by atoms with Crippen LogP contribution in [0.5, 0.6) is 5.88 Å². The number of aromatic nitrogens is 2. The highest BCUT2D eigenvalue weighted by molar-refractivity contribution is 6.06. The summed E-state index contributed by atoms with van der Waals surface area (Å²) in [5, 5.41) is 0. The first-order valence-electron chi connectivity index (χ1n) is 8.20.